The van der Waals surface area contributed by atoms with Crippen LogP contribution < -0.4 is 5.32 Å². The topological polar surface area (TPSA) is 44.6 Å². The number of β-amino-alcohol motifs (C(OH)–C–C–N with tert-alkyl or cyclic N) is 1. The van der Waals surface area contributed by atoms with E-state index in [4.69, 9.17) is 0 Å². The highest BCUT2D eigenvalue weighted by Crippen LogP contribution is 2.47. The molecule has 4 rings (SSSR count). The number of piperidine rings is 1. The van der Waals surface area contributed by atoms with E-state index in [1.54, 1.807) is 0 Å². The molecule has 3 heteroatoms. The van der Waals surface area contributed by atoms with Gasteiger partial charge in [-0.3, -0.25) is 0 Å². The Balaban J connectivity index is 1.86. The summed E-state index contributed by atoms with van der Waals surface area (Å²) >= 11 is 0. The second-order valence-corrected chi connectivity index (χ2v) is 5.94. The van der Waals surface area contributed by atoms with E-state index in [0.29, 0.717) is 18.5 Å². The maximum atomic E-state index is 10.3. The Bertz CT molecular complexity index is 597. The molecule has 2 heterocycles. The van der Waals surface area contributed by atoms with E-state index in [9.17, 15) is 5.11 Å². The molecular weight excluding hydrogens is 224 g/mol. The predicted molar refractivity (Wildman–Crippen MR) is 71.3 cm³/mol. The van der Waals surface area contributed by atoms with E-state index in [-0.39, 0.29) is 0 Å². The Kier molecular flexibility index (Phi) is 1.94. The lowest BCUT2D eigenvalue weighted by molar-refractivity contribution is 0.0143. The van der Waals surface area contributed by atoms with Gasteiger partial charge in [0.15, 0.2) is 0 Å². The molecule has 1 aromatic rings. The van der Waals surface area contributed by atoms with E-state index < -0.39 is 5.60 Å². The second-order valence-electron chi connectivity index (χ2n) is 5.94. The maximum absolute atomic E-state index is 10.3. The van der Waals surface area contributed by atoms with Crippen LogP contribution in [-0.4, -0.2) is 29.2 Å². The molecule has 3 nitrogen and oxygen atoms in total. The summed E-state index contributed by atoms with van der Waals surface area (Å²) in [6.07, 6.45) is 1.81. The molecule has 0 saturated carbocycles. The Hall–Kier alpha value is -1.41. The van der Waals surface area contributed by atoms with Crippen molar-refractivity contribution in [3.05, 3.63) is 29.3 Å². The summed E-state index contributed by atoms with van der Waals surface area (Å²) in [7, 11) is 0. The number of aliphatic hydroxyl groups is 1. The molecule has 3 aliphatic rings. The second kappa shape index (κ2) is 3.33. The molecule has 1 saturated heterocycles. The fourth-order valence-corrected chi connectivity index (χ4v) is 3.56. The van der Waals surface area contributed by atoms with Crippen molar-refractivity contribution in [2.24, 2.45) is 4.99 Å². The summed E-state index contributed by atoms with van der Waals surface area (Å²) in [5.74, 6) is 3.55. The molecule has 0 aromatic heterocycles. The highest BCUT2D eigenvalue weighted by molar-refractivity contribution is 6.01. The average Bonchev–Trinajstić information content (AvgIpc) is 2.75. The van der Waals surface area contributed by atoms with Crippen LogP contribution in [0.2, 0.25) is 0 Å². The van der Waals surface area contributed by atoms with Gasteiger partial charge in [0, 0.05) is 29.6 Å². The van der Waals surface area contributed by atoms with Crippen LogP contribution in [0.5, 0.6) is 0 Å². The number of rotatable bonds is 0. The van der Waals surface area contributed by atoms with Gasteiger partial charge in [-0.1, -0.05) is 12.1 Å². The first-order chi connectivity index (χ1) is 8.64. The standard InChI is InChI=1S/C15H16N2O/c1-15(18)6-11-10-3-2-4-12-14(10)9(7-16-12)5-13(11)17-8-15/h2-4,11,13,17-18H,5-6,8H2,1H3. The number of nitrogens with zero attached hydrogens (tertiary/aromatic N) is 1. The highest BCUT2D eigenvalue weighted by atomic mass is 16.3. The van der Waals surface area contributed by atoms with Gasteiger partial charge in [-0.25, -0.2) is 4.99 Å². The molecule has 3 unspecified atom stereocenters. The third kappa shape index (κ3) is 1.36. The minimum atomic E-state index is -0.607. The number of hydrogen-bond donors (Lipinski definition) is 2. The van der Waals surface area contributed by atoms with Crippen LogP contribution in [-0.2, 0) is 0 Å². The predicted octanol–water partition coefficient (Wildman–Crippen LogP) is 1.99. The molecule has 0 spiro atoms. The zero-order valence-corrected chi connectivity index (χ0v) is 10.4. The first-order valence-corrected chi connectivity index (χ1v) is 6.56. The monoisotopic (exact) mass is 240 g/mol. The third-order valence-electron chi connectivity index (χ3n) is 4.40. The first kappa shape index (κ1) is 10.5. The van der Waals surface area contributed by atoms with Crippen molar-refractivity contribution in [3.8, 4) is 0 Å². The highest BCUT2D eigenvalue weighted by Gasteiger charge is 2.42. The van der Waals surface area contributed by atoms with Crippen LogP contribution in [0.4, 0.5) is 5.69 Å². The largest absolute Gasteiger partial charge is 0.389 e. The molecule has 0 amide bonds. The minimum absolute atomic E-state index is 0.391. The van der Waals surface area contributed by atoms with E-state index in [1.807, 2.05) is 13.0 Å². The van der Waals surface area contributed by atoms with Gasteiger partial charge < -0.3 is 10.4 Å². The number of benzene rings is 1. The Morgan fingerprint density at radius 2 is 2.39 bits per heavy atom. The lowest BCUT2D eigenvalue weighted by atomic mass is 9.70. The van der Waals surface area contributed by atoms with E-state index in [2.05, 4.69) is 28.3 Å². The zero-order chi connectivity index (χ0) is 12.3. The summed E-state index contributed by atoms with van der Waals surface area (Å²) in [6, 6.07) is 6.71. The Morgan fingerprint density at radius 3 is 3.28 bits per heavy atom. The van der Waals surface area contributed by atoms with Gasteiger partial charge in [-0.05, 0) is 37.3 Å². The van der Waals surface area contributed by atoms with Crippen molar-refractivity contribution in [2.75, 3.05) is 6.54 Å². The first-order valence-electron chi connectivity index (χ1n) is 6.56. The summed E-state index contributed by atoms with van der Waals surface area (Å²) in [5, 5.41) is 13.8. The Labute approximate surface area is 106 Å². The summed E-state index contributed by atoms with van der Waals surface area (Å²) in [5.41, 5.74) is 4.28. The summed E-state index contributed by atoms with van der Waals surface area (Å²) in [4.78, 5) is 4.37. The van der Waals surface area contributed by atoms with Gasteiger partial charge in [-0.2, -0.15) is 0 Å². The minimum Gasteiger partial charge on any atom is -0.389 e. The lowest BCUT2D eigenvalue weighted by Crippen LogP contribution is -2.53. The summed E-state index contributed by atoms with van der Waals surface area (Å²) in [6.45, 7) is 2.59. The van der Waals surface area contributed by atoms with Crippen molar-refractivity contribution in [3.63, 3.8) is 0 Å². The normalized spacial score (nSPS) is 36.0. The van der Waals surface area contributed by atoms with Crippen molar-refractivity contribution in [1.29, 1.82) is 0 Å². The Morgan fingerprint density at radius 1 is 1.50 bits per heavy atom. The molecule has 1 aromatic carbocycles. The van der Waals surface area contributed by atoms with Gasteiger partial charge in [0.25, 0.3) is 0 Å². The molecule has 18 heavy (non-hydrogen) atoms. The molecule has 1 aliphatic carbocycles. The molecule has 0 radical (unpaired) electrons. The van der Waals surface area contributed by atoms with Gasteiger partial charge in [0.2, 0.25) is 0 Å². The number of aliphatic imine (C=N–C) groups is 1. The van der Waals surface area contributed by atoms with Crippen molar-refractivity contribution in [2.45, 2.75) is 37.3 Å². The van der Waals surface area contributed by atoms with Crippen LogP contribution in [0.25, 0.3) is 5.57 Å². The molecule has 1 fully saturated rings. The van der Waals surface area contributed by atoms with E-state index in [1.165, 1.54) is 16.7 Å². The number of nitrogens with one attached hydrogen (secondary N) is 1. The molecule has 2 N–H and O–H groups in total. The van der Waals surface area contributed by atoms with E-state index >= 15 is 0 Å². The molecule has 0 bridgehead atoms. The lowest BCUT2D eigenvalue weighted by Gasteiger charge is -2.44. The molecular formula is C15H16N2O. The molecule has 92 valence electrons. The number of hydrogen-bond acceptors (Lipinski definition) is 3. The fourth-order valence-electron chi connectivity index (χ4n) is 3.56. The quantitative estimate of drug-likeness (QED) is 0.728. The van der Waals surface area contributed by atoms with Gasteiger partial charge in [-0.15, -0.1) is 0 Å². The van der Waals surface area contributed by atoms with Crippen LogP contribution in [0.1, 0.15) is 36.8 Å². The van der Waals surface area contributed by atoms with Crippen LogP contribution >= 0.6 is 0 Å². The fraction of sp³-hybridized carbons (Fsp3) is 0.467. The smallest absolute Gasteiger partial charge is 0.0814 e. The van der Waals surface area contributed by atoms with Crippen molar-refractivity contribution in [1.82, 2.24) is 5.32 Å². The van der Waals surface area contributed by atoms with Gasteiger partial charge in [0.05, 0.1) is 11.3 Å². The van der Waals surface area contributed by atoms with Crippen molar-refractivity contribution >= 4 is 17.1 Å². The van der Waals surface area contributed by atoms with E-state index in [0.717, 1.165) is 18.5 Å². The van der Waals surface area contributed by atoms with Crippen LogP contribution in [0.3, 0.4) is 0 Å². The molecule has 2 aliphatic heterocycles. The van der Waals surface area contributed by atoms with Crippen LogP contribution in [0.15, 0.2) is 23.2 Å². The maximum Gasteiger partial charge on any atom is 0.0814 e. The average molecular weight is 240 g/mol. The third-order valence-corrected chi connectivity index (χ3v) is 4.40. The summed E-state index contributed by atoms with van der Waals surface area (Å²) < 4.78 is 0. The SMILES string of the molecule is CC1(O)CNC2CC3=C=Nc4cccc(c43)C2C1. The van der Waals surface area contributed by atoms with Gasteiger partial charge in [0.1, 0.15) is 0 Å². The van der Waals surface area contributed by atoms with Crippen molar-refractivity contribution < 1.29 is 5.11 Å². The number of fused-ring (bicyclic) bond motifs is 2. The van der Waals surface area contributed by atoms with Gasteiger partial charge >= 0.3 is 0 Å². The van der Waals surface area contributed by atoms with Crippen LogP contribution in [0, 0.1) is 0 Å². The zero-order valence-electron chi connectivity index (χ0n) is 10.4. The molecule has 3 atom stereocenters.